The summed E-state index contributed by atoms with van der Waals surface area (Å²) in [6.07, 6.45) is 0.0804. The number of hydrogen-bond acceptors (Lipinski definition) is 4. The van der Waals surface area contributed by atoms with Gasteiger partial charge in [0.15, 0.2) is 6.23 Å². The first-order chi connectivity index (χ1) is 15.9. The van der Waals surface area contributed by atoms with Crippen molar-refractivity contribution in [3.63, 3.8) is 0 Å². The number of carbonyl (C=O) groups is 1. The summed E-state index contributed by atoms with van der Waals surface area (Å²) in [6.45, 7) is 2.35. The van der Waals surface area contributed by atoms with Crippen LogP contribution in [0.5, 0.6) is 0 Å². The molecule has 7 heteroatoms. The van der Waals surface area contributed by atoms with E-state index in [-0.39, 0.29) is 16.8 Å². The van der Waals surface area contributed by atoms with Gasteiger partial charge in [-0.05, 0) is 31.0 Å². The van der Waals surface area contributed by atoms with E-state index >= 15 is 0 Å². The molecule has 3 aromatic carbocycles. The molecule has 0 bridgehead atoms. The van der Waals surface area contributed by atoms with Crippen LogP contribution in [0.3, 0.4) is 0 Å². The zero-order chi connectivity index (χ0) is 23.0. The summed E-state index contributed by atoms with van der Waals surface area (Å²) in [5, 5.41) is 0. The molecule has 2 saturated heterocycles. The average molecular weight is 463 g/mol. The van der Waals surface area contributed by atoms with Crippen LogP contribution < -0.4 is 4.72 Å². The van der Waals surface area contributed by atoms with E-state index in [0.717, 1.165) is 16.7 Å². The number of rotatable bonds is 6. The second-order valence-corrected chi connectivity index (χ2v) is 10.4. The number of ether oxygens (including phenoxy) is 1. The van der Waals surface area contributed by atoms with E-state index in [1.807, 2.05) is 67.6 Å². The Labute approximate surface area is 194 Å². The number of nitrogens with zero attached hydrogens (tertiary/aromatic N) is 1. The topological polar surface area (TPSA) is 75.7 Å². The zero-order valence-corrected chi connectivity index (χ0v) is 19.1. The summed E-state index contributed by atoms with van der Waals surface area (Å²) in [4.78, 5) is 15.6. The molecule has 5 rings (SSSR count). The fourth-order valence-corrected chi connectivity index (χ4v) is 6.03. The highest BCUT2D eigenvalue weighted by molar-refractivity contribution is 7.89. The van der Waals surface area contributed by atoms with Gasteiger partial charge in [-0.3, -0.25) is 4.79 Å². The quantitative estimate of drug-likeness (QED) is 0.602. The van der Waals surface area contributed by atoms with Crippen LogP contribution in [0.2, 0.25) is 0 Å². The molecule has 33 heavy (non-hydrogen) atoms. The van der Waals surface area contributed by atoms with Crippen LogP contribution in [0, 0.1) is 12.8 Å². The van der Waals surface area contributed by atoms with Gasteiger partial charge < -0.3 is 9.64 Å². The van der Waals surface area contributed by atoms with E-state index in [2.05, 4.69) is 4.72 Å². The van der Waals surface area contributed by atoms with E-state index in [1.165, 1.54) is 0 Å². The van der Waals surface area contributed by atoms with Gasteiger partial charge in [-0.25, -0.2) is 13.1 Å². The third-order valence-corrected chi connectivity index (χ3v) is 7.91. The fourth-order valence-electron chi connectivity index (χ4n) is 4.77. The zero-order valence-electron chi connectivity index (χ0n) is 18.3. The van der Waals surface area contributed by atoms with Crippen molar-refractivity contribution in [2.75, 3.05) is 6.61 Å². The molecule has 0 spiro atoms. The van der Waals surface area contributed by atoms with Crippen molar-refractivity contribution in [1.82, 2.24) is 9.62 Å². The van der Waals surface area contributed by atoms with Crippen molar-refractivity contribution in [3.05, 3.63) is 102 Å². The van der Waals surface area contributed by atoms with Gasteiger partial charge in [0.1, 0.15) is 0 Å². The number of nitrogens with one attached hydrogen (secondary N) is 1. The third-order valence-electron chi connectivity index (χ3n) is 6.45. The van der Waals surface area contributed by atoms with Gasteiger partial charge in [0.2, 0.25) is 15.9 Å². The smallest absolute Gasteiger partial charge is 0.241 e. The molecular weight excluding hydrogens is 436 g/mol. The Hall–Kier alpha value is -3.00. The number of fused-ring (bicyclic) bond motifs is 1. The predicted octanol–water partition coefficient (Wildman–Crippen LogP) is 3.96. The SMILES string of the molecule is Cc1ccc(S(=O)(=O)N[C@@H](c2ccccc2)[C@@H]2C[C@H]3CO[C@H](c4ccccc4)N3C2=O)cc1. The Bertz CT molecular complexity index is 1230. The Morgan fingerprint density at radius 2 is 1.58 bits per heavy atom. The van der Waals surface area contributed by atoms with Gasteiger partial charge in [0, 0.05) is 5.56 Å². The number of carbonyl (C=O) groups excluding carboxylic acids is 1. The first kappa shape index (κ1) is 21.8. The minimum Gasteiger partial charge on any atom is -0.352 e. The average Bonchev–Trinajstić information content (AvgIpc) is 3.39. The van der Waals surface area contributed by atoms with Crippen LogP contribution in [0.25, 0.3) is 0 Å². The Kier molecular flexibility index (Phi) is 5.78. The van der Waals surface area contributed by atoms with Crippen LogP contribution in [0.1, 0.15) is 35.4 Å². The van der Waals surface area contributed by atoms with Gasteiger partial charge in [-0.1, -0.05) is 78.4 Å². The maximum atomic E-state index is 13.7. The molecule has 0 radical (unpaired) electrons. The van der Waals surface area contributed by atoms with Crippen molar-refractivity contribution in [2.24, 2.45) is 5.92 Å². The molecule has 2 aliphatic rings. The number of aryl methyl sites for hydroxylation is 1. The van der Waals surface area contributed by atoms with Crippen molar-refractivity contribution in [2.45, 2.75) is 36.6 Å². The standard InChI is InChI=1S/C26H26N2O4S/c1-18-12-14-22(15-13-18)33(30,31)27-24(19-8-4-2-5-9-19)23-16-21-17-32-26(28(21)25(23)29)20-10-6-3-7-11-20/h2-15,21,23-24,26-27H,16-17H2,1H3/t21-,23-,24-,26+/m0/s1. The van der Waals surface area contributed by atoms with E-state index < -0.39 is 28.2 Å². The van der Waals surface area contributed by atoms with Gasteiger partial charge in [0.05, 0.1) is 29.5 Å². The van der Waals surface area contributed by atoms with Gasteiger partial charge in [0.25, 0.3) is 0 Å². The Morgan fingerprint density at radius 1 is 0.939 bits per heavy atom. The Balaban J connectivity index is 1.47. The lowest BCUT2D eigenvalue weighted by atomic mass is 9.91. The van der Waals surface area contributed by atoms with Gasteiger partial charge in [-0.15, -0.1) is 0 Å². The van der Waals surface area contributed by atoms with Gasteiger partial charge in [-0.2, -0.15) is 0 Å². The molecule has 1 N–H and O–H groups in total. The lowest BCUT2D eigenvalue weighted by molar-refractivity contribution is -0.138. The first-order valence-electron chi connectivity index (χ1n) is 11.1. The van der Waals surface area contributed by atoms with Crippen LogP contribution in [-0.4, -0.2) is 31.9 Å². The summed E-state index contributed by atoms with van der Waals surface area (Å²) in [6, 6.07) is 25.0. The summed E-state index contributed by atoms with van der Waals surface area (Å²) >= 11 is 0. The summed E-state index contributed by atoms with van der Waals surface area (Å²) in [5.74, 6) is -0.612. The van der Waals surface area contributed by atoms with E-state index in [1.54, 1.807) is 29.2 Å². The fraction of sp³-hybridized carbons (Fsp3) is 0.269. The molecule has 0 unspecified atom stereocenters. The van der Waals surface area contributed by atoms with E-state index in [9.17, 15) is 13.2 Å². The van der Waals surface area contributed by atoms with Crippen LogP contribution in [0.4, 0.5) is 0 Å². The highest BCUT2D eigenvalue weighted by Crippen LogP contribution is 2.44. The van der Waals surface area contributed by atoms with E-state index in [4.69, 9.17) is 4.74 Å². The molecular formula is C26H26N2O4S. The van der Waals surface area contributed by atoms with Crippen LogP contribution in [0.15, 0.2) is 89.8 Å². The highest BCUT2D eigenvalue weighted by atomic mass is 32.2. The second-order valence-electron chi connectivity index (χ2n) is 8.66. The molecule has 170 valence electrons. The predicted molar refractivity (Wildman–Crippen MR) is 125 cm³/mol. The highest BCUT2D eigenvalue weighted by Gasteiger charge is 2.51. The first-order valence-corrected chi connectivity index (χ1v) is 12.5. The normalized spacial score (nSPS) is 23.5. The summed E-state index contributed by atoms with van der Waals surface area (Å²) in [7, 11) is -3.83. The minimum absolute atomic E-state index is 0.0807. The molecule has 0 aliphatic carbocycles. The van der Waals surface area contributed by atoms with Crippen molar-refractivity contribution in [1.29, 1.82) is 0 Å². The lowest BCUT2D eigenvalue weighted by Crippen LogP contribution is -2.38. The second kappa shape index (κ2) is 8.74. The minimum atomic E-state index is -3.83. The van der Waals surface area contributed by atoms with Crippen LogP contribution in [-0.2, 0) is 19.6 Å². The van der Waals surface area contributed by atoms with E-state index in [0.29, 0.717) is 13.0 Å². The molecule has 3 aromatic rings. The number of amides is 1. The molecule has 2 aliphatic heterocycles. The summed E-state index contributed by atoms with van der Waals surface area (Å²) in [5.41, 5.74) is 2.67. The third kappa shape index (κ3) is 4.19. The largest absolute Gasteiger partial charge is 0.352 e. The molecule has 4 atom stereocenters. The monoisotopic (exact) mass is 462 g/mol. The van der Waals surface area contributed by atoms with Crippen LogP contribution >= 0.6 is 0 Å². The number of sulfonamides is 1. The summed E-state index contributed by atoms with van der Waals surface area (Å²) < 4.78 is 35.3. The molecule has 0 saturated carbocycles. The van der Waals surface area contributed by atoms with Crippen molar-refractivity contribution in [3.8, 4) is 0 Å². The number of hydrogen-bond donors (Lipinski definition) is 1. The number of benzene rings is 3. The van der Waals surface area contributed by atoms with Crippen molar-refractivity contribution < 1.29 is 17.9 Å². The lowest BCUT2D eigenvalue weighted by Gasteiger charge is -2.27. The molecule has 1 amide bonds. The maximum Gasteiger partial charge on any atom is 0.241 e. The molecule has 2 fully saturated rings. The Morgan fingerprint density at radius 3 is 2.24 bits per heavy atom. The molecule has 2 heterocycles. The van der Waals surface area contributed by atoms with Crippen molar-refractivity contribution >= 4 is 15.9 Å². The van der Waals surface area contributed by atoms with Gasteiger partial charge >= 0.3 is 0 Å². The molecule has 6 nitrogen and oxygen atoms in total. The maximum absolute atomic E-state index is 13.7. The molecule has 0 aromatic heterocycles.